The van der Waals surface area contributed by atoms with Crippen LogP contribution in [0.25, 0.3) is 0 Å². The van der Waals surface area contributed by atoms with Gasteiger partial charge in [0.15, 0.2) is 0 Å². The van der Waals surface area contributed by atoms with Crippen LogP contribution in [0.2, 0.25) is 0 Å². The van der Waals surface area contributed by atoms with Crippen molar-refractivity contribution in [2.45, 2.75) is 39.5 Å². The molecule has 0 aliphatic rings. The van der Waals surface area contributed by atoms with E-state index in [1.807, 2.05) is 0 Å². The van der Waals surface area contributed by atoms with Gasteiger partial charge in [0.1, 0.15) is 0 Å². The third kappa shape index (κ3) is 9.92. The monoisotopic (exact) mass is 173 g/mol. The van der Waals surface area contributed by atoms with Crippen molar-refractivity contribution < 1.29 is 9.84 Å². The Morgan fingerprint density at radius 2 is 1.83 bits per heavy atom. The Morgan fingerprint density at radius 3 is 2.42 bits per heavy atom. The minimum Gasteiger partial charge on any atom is -0.381 e. The van der Waals surface area contributed by atoms with E-state index in [1.165, 1.54) is 0 Å². The van der Waals surface area contributed by atoms with Gasteiger partial charge >= 0.3 is 0 Å². The van der Waals surface area contributed by atoms with Gasteiger partial charge in [0.05, 0.1) is 6.61 Å². The zero-order valence-electron chi connectivity index (χ0n) is 8.34. The second-order valence-electron chi connectivity index (χ2n) is 3.56. The largest absolute Gasteiger partial charge is 0.381 e. The molecule has 0 heterocycles. The van der Waals surface area contributed by atoms with Gasteiger partial charge in [0.25, 0.3) is 0 Å². The predicted molar refractivity (Wildman–Crippen MR) is 49.7 cm³/mol. The molecule has 1 radical (unpaired) electrons. The van der Waals surface area contributed by atoms with E-state index in [1.54, 1.807) is 0 Å². The fourth-order valence-electron chi connectivity index (χ4n) is 0.904. The molecule has 0 aromatic carbocycles. The second kappa shape index (κ2) is 9.01. The molecule has 0 saturated carbocycles. The van der Waals surface area contributed by atoms with Crippen molar-refractivity contribution in [2.24, 2.45) is 5.92 Å². The van der Waals surface area contributed by atoms with Crippen molar-refractivity contribution >= 4 is 0 Å². The molecule has 0 bridgehead atoms. The normalized spacial score (nSPS) is 11.0. The Bertz CT molecular complexity index is 81.9. The third-order valence-corrected chi connectivity index (χ3v) is 1.77. The molecule has 0 atom stereocenters. The van der Waals surface area contributed by atoms with Crippen LogP contribution in [0.1, 0.15) is 39.5 Å². The molecule has 73 valence electrons. The first-order valence-electron chi connectivity index (χ1n) is 4.93. The Kier molecular flexibility index (Phi) is 8.95. The summed E-state index contributed by atoms with van der Waals surface area (Å²) in [6.07, 6.45) is 4.00. The highest BCUT2D eigenvalue weighted by Gasteiger charge is 1.93. The SMILES string of the molecule is CC(C)CCOCCCCC[O]. The Hall–Kier alpha value is -0.0800. The molecular weight excluding hydrogens is 152 g/mol. The van der Waals surface area contributed by atoms with Gasteiger partial charge in [0.2, 0.25) is 0 Å². The predicted octanol–water partition coefficient (Wildman–Crippen LogP) is 2.65. The molecule has 2 heteroatoms. The molecule has 0 amide bonds. The Balaban J connectivity index is 2.82. The van der Waals surface area contributed by atoms with E-state index in [4.69, 9.17) is 4.74 Å². The Labute approximate surface area is 75.9 Å². The van der Waals surface area contributed by atoms with Crippen LogP contribution in [0, 0.1) is 5.92 Å². The molecule has 0 spiro atoms. The fourth-order valence-corrected chi connectivity index (χ4v) is 0.904. The van der Waals surface area contributed by atoms with Crippen molar-refractivity contribution in [3.63, 3.8) is 0 Å². The molecule has 0 aromatic rings. The molecule has 0 saturated heterocycles. The van der Waals surface area contributed by atoms with E-state index in [0.717, 1.165) is 44.8 Å². The Morgan fingerprint density at radius 1 is 1.08 bits per heavy atom. The summed E-state index contributed by atoms with van der Waals surface area (Å²) < 4.78 is 5.39. The smallest absolute Gasteiger partial charge is 0.0822 e. The molecular formula is C10H21O2. The average Bonchev–Trinajstić information content (AvgIpc) is 2.02. The average molecular weight is 173 g/mol. The van der Waals surface area contributed by atoms with Crippen LogP contribution in [0.4, 0.5) is 0 Å². The van der Waals surface area contributed by atoms with Gasteiger partial charge in [0, 0.05) is 13.2 Å². The standard InChI is InChI=1S/C10H21O2/c1-10(2)6-9-12-8-5-3-4-7-11/h10H,3-9H2,1-2H3. The lowest BCUT2D eigenvalue weighted by molar-refractivity contribution is 0.116. The van der Waals surface area contributed by atoms with Crippen LogP contribution in [-0.4, -0.2) is 19.8 Å². The molecule has 2 nitrogen and oxygen atoms in total. The van der Waals surface area contributed by atoms with Crippen molar-refractivity contribution in [1.82, 2.24) is 0 Å². The van der Waals surface area contributed by atoms with Gasteiger partial charge in [-0.3, -0.25) is 0 Å². The zero-order valence-corrected chi connectivity index (χ0v) is 8.34. The molecule has 0 aromatic heterocycles. The van der Waals surface area contributed by atoms with Crippen LogP contribution in [0.5, 0.6) is 0 Å². The first-order valence-corrected chi connectivity index (χ1v) is 4.93. The van der Waals surface area contributed by atoms with Crippen molar-refractivity contribution in [3.8, 4) is 0 Å². The number of ether oxygens (including phenoxy) is 1. The number of hydrogen-bond donors (Lipinski definition) is 0. The van der Waals surface area contributed by atoms with Crippen LogP contribution < -0.4 is 0 Å². The van der Waals surface area contributed by atoms with Gasteiger partial charge in [-0.25, -0.2) is 5.11 Å². The molecule has 0 N–H and O–H groups in total. The van der Waals surface area contributed by atoms with E-state index in [2.05, 4.69) is 13.8 Å². The van der Waals surface area contributed by atoms with Gasteiger partial charge in [-0.15, -0.1) is 0 Å². The molecule has 0 aliphatic carbocycles. The van der Waals surface area contributed by atoms with E-state index >= 15 is 0 Å². The summed E-state index contributed by atoms with van der Waals surface area (Å²) >= 11 is 0. The van der Waals surface area contributed by atoms with E-state index < -0.39 is 0 Å². The number of rotatable bonds is 8. The fraction of sp³-hybridized carbons (Fsp3) is 1.00. The first kappa shape index (κ1) is 11.9. The minimum absolute atomic E-state index is 0.0615. The van der Waals surface area contributed by atoms with E-state index in [-0.39, 0.29) is 6.61 Å². The van der Waals surface area contributed by atoms with E-state index in [9.17, 15) is 5.11 Å². The maximum Gasteiger partial charge on any atom is 0.0822 e. The maximum absolute atomic E-state index is 10.1. The lowest BCUT2D eigenvalue weighted by Crippen LogP contribution is -2.00. The molecule has 0 unspecified atom stereocenters. The molecule has 12 heavy (non-hydrogen) atoms. The molecule has 0 fully saturated rings. The van der Waals surface area contributed by atoms with Crippen LogP contribution >= 0.6 is 0 Å². The number of hydrogen-bond acceptors (Lipinski definition) is 1. The van der Waals surface area contributed by atoms with Crippen LogP contribution in [0.15, 0.2) is 0 Å². The highest BCUT2D eigenvalue weighted by Crippen LogP contribution is 2.00. The highest BCUT2D eigenvalue weighted by molar-refractivity contribution is 4.43. The topological polar surface area (TPSA) is 29.1 Å². The highest BCUT2D eigenvalue weighted by atomic mass is 16.5. The zero-order chi connectivity index (χ0) is 9.23. The minimum atomic E-state index is 0.0615. The summed E-state index contributed by atoms with van der Waals surface area (Å²) in [6, 6.07) is 0. The lowest BCUT2D eigenvalue weighted by Gasteiger charge is -2.05. The third-order valence-electron chi connectivity index (χ3n) is 1.77. The van der Waals surface area contributed by atoms with Crippen molar-refractivity contribution in [2.75, 3.05) is 19.8 Å². The first-order chi connectivity index (χ1) is 5.77. The maximum atomic E-state index is 10.1. The van der Waals surface area contributed by atoms with Crippen molar-refractivity contribution in [3.05, 3.63) is 0 Å². The second-order valence-corrected chi connectivity index (χ2v) is 3.56. The van der Waals surface area contributed by atoms with Gasteiger partial charge < -0.3 is 4.74 Å². The van der Waals surface area contributed by atoms with Gasteiger partial charge in [-0.1, -0.05) is 13.8 Å². The van der Waals surface area contributed by atoms with Gasteiger partial charge in [-0.05, 0) is 31.6 Å². The van der Waals surface area contributed by atoms with Crippen LogP contribution in [-0.2, 0) is 9.84 Å². The molecule has 0 aliphatic heterocycles. The summed E-state index contributed by atoms with van der Waals surface area (Å²) in [5, 5.41) is 10.1. The summed E-state index contributed by atoms with van der Waals surface area (Å²) in [6.45, 7) is 6.15. The van der Waals surface area contributed by atoms with Gasteiger partial charge in [-0.2, -0.15) is 0 Å². The summed E-state index contributed by atoms with van der Waals surface area (Å²) in [4.78, 5) is 0. The number of unbranched alkanes of at least 4 members (excludes halogenated alkanes) is 2. The summed E-state index contributed by atoms with van der Waals surface area (Å²) in [7, 11) is 0. The molecule has 0 rings (SSSR count). The summed E-state index contributed by atoms with van der Waals surface area (Å²) in [5.41, 5.74) is 0. The lowest BCUT2D eigenvalue weighted by atomic mass is 10.1. The quantitative estimate of drug-likeness (QED) is 0.519. The van der Waals surface area contributed by atoms with Crippen molar-refractivity contribution in [1.29, 1.82) is 0 Å². The van der Waals surface area contributed by atoms with Crippen LogP contribution in [0.3, 0.4) is 0 Å². The van der Waals surface area contributed by atoms with E-state index in [0.29, 0.717) is 0 Å². The summed E-state index contributed by atoms with van der Waals surface area (Å²) in [5.74, 6) is 0.728.